The summed E-state index contributed by atoms with van der Waals surface area (Å²) >= 11 is 0. The lowest BCUT2D eigenvalue weighted by Crippen LogP contribution is -2.30. The molecule has 0 aliphatic heterocycles. The highest BCUT2D eigenvalue weighted by Gasteiger charge is 2.15. The first kappa shape index (κ1) is 16.6. The quantitative estimate of drug-likeness (QED) is 0.795. The van der Waals surface area contributed by atoms with Crippen LogP contribution in [-0.2, 0) is 6.54 Å². The molecule has 2 N–H and O–H groups in total. The van der Waals surface area contributed by atoms with E-state index in [1.807, 2.05) is 6.92 Å². The van der Waals surface area contributed by atoms with Gasteiger partial charge in [0, 0.05) is 11.6 Å². The molecule has 2 heterocycles. The Balaban J connectivity index is 2.25. The lowest BCUT2D eigenvalue weighted by molar-refractivity contribution is 0.0998. The molecule has 126 valence electrons. The molecule has 0 saturated carbocycles. The van der Waals surface area contributed by atoms with Crippen LogP contribution < -0.4 is 11.3 Å². The fraction of sp³-hybridized carbons (Fsp3) is 0.105. The summed E-state index contributed by atoms with van der Waals surface area (Å²) in [5, 5.41) is 0.607. The number of hydrogen-bond donors (Lipinski definition) is 1. The molecule has 0 aliphatic carbocycles. The molecule has 0 aliphatic rings. The molecule has 0 atom stereocenters. The molecule has 3 aromatic rings. The topological polar surface area (TPSA) is 78.0 Å². The Morgan fingerprint density at radius 3 is 2.56 bits per heavy atom. The third-order valence-corrected chi connectivity index (χ3v) is 3.94. The first-order valence-corrected chi connectivity index (χ1v) is 7.60. The number of hydrogen-bond acceptors (Lipinski definition) is 3. The Hall–Kier alpha value is -3.28. The van der Waals surface area contributed by atoms with Gasteiger partial charge in [-0.3, -0.25) is 14.2 Å². The van der Waals surface area contributed by atoms with Gasteiger partial charge in [0.05, 0.1) is 6.54 Å². The van der Waals surface area contributed by atoms with Gasteiger partial charge < -0.3 is 5.73 Å². The van der Waals surface area contributed by atoms with E-state index in [1.165, 1.54) is 22.8 Å². The average molecular weight is 337 g/mol. The first-order chi connectivity index (χ1) is 11.9. The third kappa shape index (κ3) is 3.19. The number of carbonyl (C=O) groups is 1. The highest BCUT2D eigenvalue weighted by Crippen LogP contribution is 2.19. The molecule has 2 aromatic heterocycles. The zero-order valence-corrected chi connectivity index (χ0v) is 13.6. The van der Waals surface area contributed by atoms with Gasteiger partial charge in [-0.15, -0.1) is 0 Å². The van der Waals surface area contributed by atoms with Gasteiger partial charge in [0.25, 0.3) is 11.5 Å². The van der Waals surface area contributed by atoms with Gasteiger partial charge in [0.15, 0.2) is 0 Å². The highest BCUT2D eigenvalue weighted by atomic mass is 19.1. The van der Waals surface area contributed by atoms with Crippen LogP contribution in [-0.4, -0.2) is 15.5 Å². The summed E-state index contributed by atoms with van der Waals surface area (Å²) in [6, 6.07) is 9.03. The zero-order valence-electron chi connectivity index (χ0n) is 13.6. The number of fused-ring (bicyclic) bond motifs is 1. The number of carbonyl (C=O) groups excluding carboxylic acids is 1. The minimum absolute atomic E-state index is 0.115. The highest BCUT2D eigenvalue weighted by molar-refractivity contribution is 5.96. The summed E-state index contributed by atoms with van der Waals surface area (Å²) in [6.07, 6.45) is 1.62. The number of nitrogens with zero attached hydrogens (tertiary/aromatic N) is 2. The number of allylic oxidation sites excluding steroid dienone is 1. The molecular weight excluding hydrogens is 321 g/mol. The normalized spacial score (nSPS) is 10.8. The lowest BCUT2D eigenvalue weighted by Gasteiger charge is -2.12. The summed E-state index contributed by atoms with van der Waals surface area (Å²) in [4.78, 5) is 28.7. The predicted octanol–water partition coefficient (Wildman–Crippen LogP) is 2.72. The van der Waals surface area contributed by atoms with Crippen LogP contribution in [0, 0.1) is 5.82 Å². The summed E-state index contributed by atoms with van der Waals surface area (Å²) in [7, 11) is 0. The molecule has 0 saturated heterocycles. The number of pyridine rings is 2. The van der Waals surface area contributed by atoms with Crippen molar-refractivity contribution < 1.29 is 9.18 Å². The van der Waals surface area contributed by atoms with Crippen molar-refractivity contribution in [3.63, 3.8) is 0 Å². The molecule has 1 aromatic carbocycles. The Bertz CT molecular complexity index is 1050. The van der Waals surface area contributed by atoms with Gasteiger partial charge in [0.1, 0.15) is 17.0 Å². The number of benzene rings is 1. The van der Waals surface area contributed by atoms with Crippen molar-refractivity contribution in [2.24, 2.45) is 5.73 Å². The second kappa shape index (κ2) is 6.32. The van der Waals surface area contributed by atoms with Gasteiger partial charge in [0.2, 0.25) is 0 Å². The van der Waals surface area contributed by atoms with E-state index >= 15 is 0 Å². The molecule has 0 spiro atoms. The molecule has 5 nitrogen and oxygen atoms in total. The van der Waals surface area contributed by atoms with Crippen molar-refractivity contribution in [3.8, 4) is 0 Å². The number of primary amides is 1. The Labute approximate surface area is 143 Å². The van der Waals surface area contributed by atoms with Gasteiger partial charge in [-0.1, -0.05) is 18.7 Å². The van der Waals surface area contributed by atoms with Crippen molar-refractivity contribution in [3.05, 3.63) is 82.0 Å². The van der Waals surface area contributed by atoms with Gasteiger partial charge >= 0.3 is 0 Å². The standard InChI is InChI=1S/C19H16FN3O2/c1-11(2)14-7-13-8-16(17(21)24)19(25)23(18(13)22-9-14)10-12-3-5-15(20)6-4-12/h3-9H,1,10H2,2H3,(H2,21,24). The molecule has 0 bridgehead atoms. The summed E-state index contributed by atoms with van der Waals surface area (Å²) < 4.78 is 14.5. The van der Waals surface area contributed by atoms with E-state index in [-0.39, 0.29) is 17.9 Å². The Morgan fingerprint density at radius 1 is 1.28 bits per heavy atom. The van der Waals surface area contributed by atoms with Crippen LogP contribution in [0.15, 0.2) is 54.0 Å². The van der Waals surface area contributed by atoms with Crippen LogP contribution in [0.2, 0.25) is 0 Å². The van der Waals surface area contributed by atoms with Crippen LogP contribution in [0.4, 0.5) is 4.39 Å². The van der Waals surface area contributed by atoms with E-state index in [1.54, 1.807) is 24.4 Å². The molecule has 0 fully saturated rings. The maximum atomic E-state index is 13.1. The molecule has 3 rings (SSSR count). The molecule has 0 radical (unpaired) electrons. The van der Waals surface area contributed by atoms with E-state index in [2.05, 4.69) is 11.6 Å². The van der Waals surface area contributed by atoms with Gasteiger partial charge in [-0.2, -0.15) is 0 Å². The third-order valence-electron chi connectivity index (χ3n) is 3.94. The van der Waals surface area contributed by atoms with Crippen molar-refractivity contribution in [2.75, 3.05) is 0 Å². The van der Waals surface area contributed by atoms with Crippen LogP contribution in [0.5, 0.6) is 0 Å². The van der Waals surface area contributed by atoms with Crippen molar-refractivity contribution >= 4 is 22.5 Å². The number of rotatable bonds is 4. The molecule has 0 unspecified atom stereocenters. The second-order valence-electron chi connectivity index (χ2n) is 5.86. The van der Waals surface area contributed by atoms with E-state index in [4.69, 9.17) is 5.73 Å². The largest absolute Gasteiger partial charge is 0.365 e. The van der Waals surface area contributed by atoms with Crippen molar-refractivity contribution in [2.45, 2.75) is 13.5 Å². The molecule has 25 heavy (non-hydrogen) atoms. The minimum atomic E-state index is -0.805. The zero-order chi connectivity index (χ0) is 18.1. The van der Waals surface area contributed by atoms with E-state index in [0.717, 1.165) is 11.1 Å². The summed E-state index contributed by atoms with van der Waals surface area (Å²) in [6.45, 7) is 5.86. The lowest BCUT2D eigenvalue weighted by atomic mass is 10.1. The fourth-order valence-corrected chi connectivity index (χ4v) is 2.59. The van der Waals surface area contributed by atoms with Crippen molar-refractivity contribution in [1.29, 1.82) is 0 Å². The summed E-state index contributed by atoms with van der Waals surface area (Å²) in [5.41, 5.74) is 7.44. The fourth-order valence-electron chi connectivity index (χ4n) is 2.59. The first-order valence-electron chi connectivity index (χ1n) is 7.60. The van der Waals surface area contributed by atoms with Crippen LogP contribution in [0.1, 0.15) is 28.4 Å². The predicted molar refractivity (Wildman–Crippen MR) is 94.7 cm³/mol. The molecule has 6 heteroatoms. The second-order valence-corrected chi connectivity index (χ2v) is 5.86. The minimum Gasteiger partial charge on any atom is -0.365 e. The SMILES string of the molecule is C=C(C)c1cnc2c(c1)cc(C(N)=O)c(=O)n2Cc1ccc(F)cc1. The maximum Gasteiger partial charge on any atom is 0.265 e. The van der Waals surface area contributed by atoms with E-state index < -0.39 is 11.5 Å². The monoisotopic (exact) mass is 337 g/mol. The molecular formula is C19H16FN3O2. The van der Waals surface area contributed by atoms with Crippen molar-refractivity contribution in [1.82, 2.24) is 9.55 Å². The summed E-state index contributed by atoms with van der Waals surface area (Å²) in [5.74, 6) is -1.17. The Morgan fingerprint density at radius 2 is 1.96 bits per heavy atom. The van der Waals surface area contributed by atoms with Gasteiger partial charge in [-0.25, -0.2) is 9.37 Å². The maximum absolute atomic E-state index is 13.1. The van der Waals surface area contributed by atoms with Crippen LogP contribution >= 0.6 is 0 Å². The smallest absolute Gasteiger partial charge is 0.265 e. The van der Waals surface area contributed by atoms with Crippen LogP contribution in [0.3, 0.4) is 0 Å². The number of aromatic nitrogens is 2. The van der Waals surface area contributed by atoms with E-state index in [0.29, 0.717) is 16.6 Å². The Kier molecular flexibility index (Phi) is 4.19. The number of amides is 1. The average Bonchev–Trinajstić information content (AvgIpc) is 2.58. The number of halogens is 1. The van der Waals surface area contributed by atoms with E-state index in [9.17, 15) is 14.0 Å². The number of nitrogens with two attached hydrogens (primary N) is 1. The van der Waals surface area contributed by atoms with Crippen LogP contribution in [0.25, 0.3) is 16.6 Å². The van der Waals surface area contributed by atoms with Gasteiger partial charge in [-0.05, 0) is 47.9 Å². The molecule has 1 amide bonds.